The number of fused-ring (bicyclic) bond motifs is 1. The van der Waals surface area contributed by atoms with E-state index in [1.807, 2.05) is 0 Å². The van der Waals surface area contributed by atoms with Crippen molar-refractivity contribution in [2.75, 3.05) is 6.54 Å². The number of unbranched alkanes of at least 4 members (excludes halogenated alkanes) is 1. The van der Waals surface area contributed by atoms with Crippen LogP contribution in [0.5, 0.6) is 5.75 Å². The van der Waals surface area contributed by atoms with Crippen LogP contribution in [0.1, 0.15) is 30.4 Å². The van der Waals surface area contributed by atoms with E-state index in [1.54, 1.807) is 13.0 Å². The van der Waals surface area contributed by atoms with Gasteiger partial charge in [0, 0.05) is 18.0 Å². The van der Waals surface area contributed by atoms with Crippen molar-refractivity contribution < 1.29 is 24.2 Å². The van der Waals surface area contributed by atoms with Crippen molar-refractivity contribution in [1.29, 1.82) is 0 Å². The maximum absolute atomic E-state index is 12.1. The number of carbonyl (C=O) groups is 2. The largest absolute Gasteiger partial charge is 0.508 e. The molecule has 8 nitrogen and oxygen atoms in total. The Kier molecular flexibility index (Phi) is 6.35. The van der Waals surface area contributed by atoms with Crippen LogP contribution in [-0.2, 0) is 16.0 Å². The van der Waals surface area contributed by atoms with Gasteiger partial charge in [-0.05, 0) is 43.9 Å². The summed E-state index contributed by atoms with van der Waals surface area (Å²) >= 11 is 0. The number of carbonyl (C=O) groups excluding carboxylic acids is 1. The topological polar surface area (TPSA) is 143 Å². The number of aryl methyl sites for hydroxylation is 1. The van der Waals surface area contributed by atoms with Crippen LogP contribution in [0.25, 0.3) is 11.0 Å². The van der Waals surface area contributed by atoms with Crippen molar-refractivity contribution in [3.63, 3.8) is 0 Å². The number of hydrogen-bond donors (Lipinski definition) is 4. The Morgan fingerprint density at radius 3 is 2.73 bits per heavy atom. The van der Waals surface area contributed by atoms with Gasteiger partial charge in [0.25, 0.3) is 0 Å². The van der Waals surface area contributed by atoms with Crippen LogP contribution >= 0.6 is 0 Å². The average Bonchev–Trinajstić information content (AvgIpc) is 2.57. The Hall–Kier alpha value is -2.87. The van der Waals surface area contributed by atoms with E-state index in [0.717, 1.165) is 0 Å². The lowest BCUT2D eigenvalue weighted by Gasteiger charge is -2.09. The minimum Gasteiger partial charge on any atom is -0.508 e. The first-order chi connectivity index (χ1) is 12.3. The number of rotatable bonds is 8. The molecule has 1 aromatic carbocycles. The van der Waals surface area contributed by atoms with E-state index in [9.17, 15) is 19.5 Å². The predicted molar refractivity (Wildman–Crippen MR) is 95.1 cm³/mol. The fourth-order valence-electron chi connectivity index (χ4n) is 2.65. The number of carboxylic acid groups (broad SMARTS) is 1. The Morgan fingerprint density at radius 1 is 1.31 bits per heavy atom. The van der Waals surface area contributed by atoms with Gasteiger partial charge in [0.15, 0.2) is 0 Å². The summed E-state index contributed by atoms with van der Waals surface area (Å²) in [6.45, 7) is 2.10. The molecular weight excluding hydrogens is 340 g/mol. The summed E-state index contributed by atoms with van der Waals surface area (Å²) in [6, 6.07) is 3.59. The highest BCUT2D eigenvalue weighted by atomic mass is 16.4. The van der Waals surface area contributed by atoms with Gasteiger partial charge in [0.1, 0.15) is 17.4 Å². The van der Waals surface area contributed by atoms with Gasteiger partial charge in [-0.1, -0.05) is 0 Å². The number of aromatic hydroxyl groups is 1. The second kappa shape index (κ2) is 8.48. The van der Waals surface area contributed by atoms with E-state index in [4.69, 9.17) is 15.3 Å². The molecule has 0 fully saturated rings. The number of hydrogen-bond acceptors (Lipinski definition) is 6. The monoisotopic (exact) mass is 362 g/mol. The van der Waals surface area contributed by atoms with Crippen LogP contribution < -0.4 is 16.7 Å². The average molecular weight is 362 g/mol. The minimum atomic E-state index is -1.04. The molecule has 1 atom stereocenters. The standard InChI is InChI=1S/C18H22N2O6/c1-10-12-6-5-11(21)8-15(12)26-18(25)13(10)9-16(22)20-7-3-2-4-14(19)17(23)24/h5-6,8,14,21H,2-4,7,9,19H2,1H3,(H,20,22)(H,23,24)/t14-/m0/s1. The number of benzene rings is 1. The van der Waals surface area contributed by atoms with Crippen molar-refractivity contribution in [1.82, 2.24) is 5.32 Å². The zero-order valence-corrected chi connectivity index (χ0v) is 14.4. The number of carboxylic acids is 1. The van der Waals surface area contributed by atoms with Gasteiger partial charge in [-0.15, -0.1) is 0 Å². The first kappa shape index (κ1) is 19.5. The highest BCUT2D eigenvalue weighted by Gasteiger charge is 2.15. The number of amides is 1. The third-order valence-electron chi connectivity index (χ3n) is 4.19. The van der Waals surface area contributed by atoms with Crippen LogP contribution in [0.15, 0.2) is 27.4 Å². The zero-order valence-electron chi connectivity index (χ0n) is 14.4. The van der Waals surface area contributed by atoms with Crippen LogP contribution in [-0.4, -0.2) is 34.7 Å². The molecule has 1 heterocycles. The lowest BCUT2D eigenvalue weighted by molar-refractivity contribution is -0.138. The van der Waals surface area contributed by atoms with Gasteiger partial charge in [-0.25, -0.2) is 4.79 Å². The van der Waals surface area contributed by atoms with Crippen molar-refractivity contribution in [3.05, 3.63) is 39.7 Å². The maximum Gasteiger partial charge on any atom is 0.340 e. The van der Waals surface area contributed by atoms with Gasteiger partial charge in [-0.2, -0.15) is 0 Å². The number of aliphatic carboxylic acids is 1. The minimum absolute atomic E-state index is 0.00633. The lowest BCUT2D eigenvalue weighted by atomic mass is 10.0. The summed E-state index contributed by atoms with van der Waals surface area (Å²) in [5.41, 5.74) is 5.97. The fourth-order valence-corrected chi connectivity index (χ4v) is 2.65. The molecule has 0 bridgehead atoms. The smallest absolute Gasteiger partial charge is 0.340 e. The molecule has 140 valence electrons. The quantitative estimate of drug-likeness (QED) is 0.406. The van der Waals surface area contributed by atoms with E-state index in [-0.39, 0.29) is 29.2 Å². The number of nitrogens with one attached hydrogen (secondary N) is 1. The van der Waals surface area contributed by atoms with Crippen molar-refractivity contribution in [2.24, 2.45) is 5.73 Å². The molecule has 26 heavy (non-hydrogen) atoms. The molecule has 0 saturated carbocycles. The summed E-state index contributed by atoms with van der Waals surface area (Å²) in [6.07, 6.45) is 1.40. The SMILES string of the molecule is Cc1c(CC(=O)NCCCC[C@H](N)C(=O)O)c(=O)oc2cc(O)ccc12. The summed E-state index contributed by atoms with van der Waals surface area (Å²) in [7, 11) is 0. The second-order valence-electron chi connectivity index (χ2n) is 6.14. The molecule has 0 aliphatic carbocycles. The molecule has 2 aromatic rings. The molecule has 0 aliphatic rings. The van der Waals surface area contributed by atoms with Crippen molar-refractivity contribution in [2.45, 2.75) is 38.6 Å². The molecular formula is C18H22N2O6. The van der Waals surface area contributed by atoms with E-state index in [0.29, 0.717) is 36.8 Å². The fraction of sp³-hybridized carbons (Fsp3) is 0.389. The molecule has 1 aromatic heterocycles. The first-order valence-electron chi connectivity index (χ1n) is 8.30. The normalized spacial score (nSPS) is 12.1. The number of nitrogens with two attached hydrogens (primary N) is 1. The van der Waals surface area contributed by atoms with Crippen LogP contribution in [0.3, 0.4) is 0 Å². The molecule has 0 radical (unpaired) electrons. The summed E-state index contributed by atoms with van der Waals surface area (Å²) < 4.78 is 5.18. The van der Waals surface area contributed by atoms with E-state index in [1.165, 1.54) is 12.1 Å². The van der Waals surface area contributed by atoms with Crippen LogP contribution in [0.4, 0.5) is 0 Å². The highest BCUT2D eigenvalue weighted by Crippen LogP contribution is 2.23. The van der Waals surface area contributed by atoms with Gasteiger partial charge in [-0.3, -0.25) is 9.59 Å². The Bertz CT molecular complexity index is 874. The molecule has 0 aliphatic heterocycles. The van der Waals surface area contributed by atoms with E-state index in [2.05, 4.69) is 5.32 Å². The lowest BCUT2D eigenvalue weighted by Crippen LogP contribution is -2.31. The van der Waals surface area contributed by atoms with Gasteiger partial charge >= 0.3 is 11.6 Å². The predicted octanol–water partition coefficient (Wildman–Crippen LogP) is 1.05. The molecule has 0 unspecified atom stereocenters. The second-order valence-corrected chi connectivity index (χ2v) is 6.14. The van der Waals surface area contributed by atoms with Gasteiger partial charge in [0.2, 0.25) is 5.91 Å². The third-order valence-corrected chi connectivity index (χ3v) is 4.19. The Balaban J connectivity index is 1.94. The number of phenols is 1. The molecule has 0 spiro atoms. The van der Waals surface area contributed by atoms with Crippen molar-refractivity contribution in [3.8, 4) is 5.75 Å². The van der Waals surface area contributed by atoms with Crippen LogP contribution in [0.2, 0.25) is 0 Å². The summed E-state index contributed by atoms with van der Waals surface area (Å²) in [5.74, 6) is -1.37. The molecule has 8 heteroatoms. The molecule has 2 rings (SSSR count). The summed E-state index contributed by atoms with van der Waals surface area (Å²) in [4.78, 5) is 34.8. The third kappa shape index (κ3) is 4.82. The zero-order chi connectivity index (χ0) is 19.3. The molecule has 1 amide bonds. The van der Waals surface area contributed by atoms with Crippen LogP contribution in [0, 0.1) is 6.92 Å². The number of phenolic OH excluding ortho intramolecular Hbond substituents is 1. The van der Waals surface area contributed by atoms with Gasteiger partial charge < -0.3 is 25.7 Å². The van der Waals surface area contributed by atoms with Gasteiger partial charge in [0.05, 0.1) is 12.0 Å². The van der Waals surface area contributed by atoms with E-state index < -0.39 is 17.6 Å². The Labute approximate surface area is 149 Å². The maximum atomic E-state index is 12.1. The van der Waals surface area contributed by atoms with E-state index >= 15 is 0 Å². The summed E-state index contributed by atoms with van der Waals surface area (Å²) in [5, 5.41) is 21.5. The highest BCUT2D eigenvalue weighted by molar-refractivity contribution is 5.85. The Morgan fingerprint density at radius 2 is 2.04 bits per heavy atom. The molecule has 5 N–H and O–H groups in total. The molecule has 0 saturated heterocycles. The van der Waals surface area contributed by atoms with Crippen molar-refractivity contribution >= 4 is 22.8 Å². The first-order valence-corrected chi connectivity index (χ1v) is 8.30.